The van der Waals surface area contributed by atoms with E-state index in [1.54, 1.807) is 7.11 Å². The van der Waals surface area contributed by atoms with Crippen molar-refractivity contribution in [3.63, 3.8) is 0 Å². The smallest absolute Gasteiger partial charge is 0.469 e. The number of methoxy groups -OCH3 is 2. The third-order valence-corrected chi connectivity index (χ3v) is 8.32. The summed E-state index contributed by atoms with van der Waals surface area (Å²) in [5.74, 6) is -2.08. The predicted octanol–water partition coefficient (Wildman–Crippen LogP) is 4.15. The van der Waals surface area contributed by atoms with Gasteiger partial charge in [0.2, 0.25) is 0 Å². The molecule has 3 aliphatic rings. The molecule has 0 bridgehead atoms. The Kier molecular flexibility index (Phi) is 7.48. The Hall–Kier alpha value is -2.13. The van der Waals surface area contributed by atoms with Crippen LogP contribution in [-0.2, 0) is 19.1 Å². The normalized spacial score (nSPS) is 25.4. The van der Waals surface area contributed by atoms with Gasteiger partial charge in [0, 0.05) is 36.6 Å². The summed E-state index contributed by atoms with van der Waals surface area (Å²) < 4.78 is 51.3. The fourth-order valence-electron chi connectivity index (χ4n) is 6.09. The van der Waals surface area contributed by atoms with Crippen molar-refractivity contribution in [3.8, 4) is 0 Å². The van der Waals surface area contributed by atoms with Crippen LogP contribution in [0, 0.1) is 5.41 Å². The highest BCUT2D eigenvalue weighted by atomic mass is 19.4. The number of piperidine rings is 1. The van der Waals surface area contributed by atoms with Crippen LogP contribution in [0.2, 0.25) is 0 Å². The van der Waals surface area contributed by atoms with Gasteiger partial charge >= 0.3 is 18.1 Å². The van der Waals surface area contributed by atoms with Crippen molar-refractivity contribution >= 4 is 11.9 Å². The number of esters is 1. The molecule has 1 unspecified atom stereocenters. The Morgan fingerprint density at radius 1 is 1.09 bits per heavy atom. The van der Waals surface area contributed by atoms with Gasteiger partial charge in [0.15, 0.2) is 0 Å². The van der Waals surface area contributed by atoms with Crippen molar-refractivity contribution in [3.05, 3.63) is 35.9 Å². The molecule has 9 heteroatoms. The summed E-state index contributed by atoms with van der Waals surface area (Å²) in [6.07, 6.45) is 0.0337. The van der Waals surface area contributed by atoms with Crippen LogP contribution in [0.15, 0.2) is 30.3 Å². The second kappa shape index (κ2) is 10.1. The minimum Gasteiger partial charge on any atom is -0.469 e. The quantitative estimate of drug-likeness (QED) is 0.481. The van der Waals surface area contributed by atoms with Crippen molar-refractivity contribution in [2.75, 3.05) is 40.5 Å². The highest BCUT2D eigenvalue weighted by Gasteiger charge is 2.55. The molecule has 2 saturated carbocycles. The minimum absolute atomic E-state index is 0.0189. The number of hydrogen-bond acceptors (Lipinski definition) is 5. The average molecular weight is 497 g/mol. The molecule has 1 saturated heterocycles. The monoisotopic (exact) mass is 496 g/mol. The molecule has 1 aromatic carbocycles. The number of hydrogen-bond donors (Lipinski definition) is 0. The van der Waals surface area contributed by atoms with Crippen LogP contribution < -0.4 is 0 Å². The lowest BCUT2D eigenvalue weighted by Gasteiger charge is -2.54. The first kappa shape index (κ1) is 25.9. The molecule has 2 aliphatic carbocycles. The van der Waals surface area contributed by atoms with Crippen LogP contribution in [0.25, 0.3) is 0 Å². The lowest BCUT2D eigenvalue weighted by Crippen LogP contribution is -2.60. The second-order valence-corrected chi connectivity index (χ2v) is 10.5. The molecule has 0 aromatic heterocycles. The van der Waals surface area contributed by atoms with E-state index in [-0.39, 0.29) is 30.6 Å². The van der Waals surface area contributed by atoms with Gasteiger partial charge in [-0.15, -0.1) is 0 Å². The van der Waals surface area contributed by atoms with E-state index in [4.69, 9.17) is 9.47 Å². The van der Waals surface area contributed by atoms with Crippen molar-refractivity contribution < 1.29 is 32.2 Å². The Morgan fingerprint density at radius 2 is 1.74 bits per heavy atom. The molecule has 6 nitrogen and oxygen atoms in total. The molecule has 35 heavy (non-hydrogen) atoms. The van der Waals surface area contributed by atoms with Gasteiger partial charge < -0.3 is 14.4 Å². The number of alkyl halides is 3. The molecule has 1 heterocycles. The molecule has 0 radical (unpaired) electrons. The Labute approximate surface area is 204 Å². The molecule has 1 aliphatic heterocycles. The summed E-state index contributed by atoms with van der Waals surface area (Å²) in [5, 5.41) is 0. The summed E-state index contributed by atoms with van der Waals surface area (Å²) in [7, 11) is 2.94. The van der Waals surface area contributed by atoms with Crippen molar-refractivity contribution in [1.29, 1.82) is 0 Å². The SMILES string of the molecule is COCC1(CN(C(=O)C(F)(F)F)[C@@H]2CC2c2ccccc2)CCN(C2(CC(=O)OC)CCC2)CC1. The zero-order chi connectivity index (χ0) is 25.3. The first-order valence-electron chi connectivity index (χ1n) is 12.4. The number of benzene rings is 1. The number of amides is 1. The lowest BCUT2D eigenvalue weighted by molar-refractivity contribution is -0.189. The van der Waals surface area contributed by atoms with E-state index in [0.717, 1.165) is 29.7 Å². The topological polar surface area (TPSA) is 59.1 Å². The highest BCUT2D eigenvalue weighted by Crippen LogP contribution is 2.49. The van der Waals surface area contributed by atoms with Gasteiger partial charge in [-0.1, -0.05) is 30.3 Å². The maximum atomic E-state index is 13.6. The zero-order valence-corrected chi connectivity index (χ0v) is 20.5. The fourth-order valence-corrected chi connectivity index (χ4v) is 6.09. The van der Waals surface area contributed by atoms with Crippen LogP contribution >= 0.6 is 0 Å². The second-order valence-electron chi connectivity index (χ2n) is 10.5. The van der Waals surface area contributed by atoms with Gasteiger partial charge in [-0.05, 0) is 57.2 Å². The van der Waals surface area contributed by atoms with Crippen LogP contribution in [0.4, 0.5) is 13.2 Å². The lowest BCUT2D eigenvalue weighted by atomic mass is 9.70. The molecule has 1 aromatic rings. The fraction of sp³-hybridized carbons (Fsp3) is 0.692. The molecular formula is C26H35F3N2O4. The van der Waals surface area contributed by atoms with Gasteiger partial charge in [-0.25, -0.2) is 0 Å². The molecule has 0 spiro atoms. The first-order chi connectivity index (χ1) is 16.6. The number of carbonyl (C=O) groups excluding carboxylic acids is 2. The van der Waals surface area contributed by atoms with Crippen LogP contribution in [0.1, 0.15) is 56.4 Å². The summed E-state index contributed by atoms with van der Waals surface area (Å²) in [6.45, 7) is 1.61. The Morgan fingerprint density at radius 3 is 2.26 bits per heavy atom. The molecule has 0 N–H and O–H groups in total. The largest absolute Gasteiger partial charge is 0.471 e. The summed E-state index contributed by atoms with van der Waals surface area (Å²) in [4.78, 5) is 28.0. The van der Waals surface area contributed by atoms with Crippen LogP contribution in [0.3, 0.4) is 0 Å². The van der Waals surface area contributed by atoms with Crippen molar-refractivity contribution in [2.45, 2.75) is 68.6 Å². The molecule has 3 fully saturated rings. The third kappa shape index (κ3) is 5.50. The number of likely N-dealkylation sites (tertiary alicyclic amines) is 1. The standard InChI is InChI=1S/C26H35F3N2O4/c1-34-18-24(11-13-30(14-12-24)25(9-6-10-25)16-22(32)35-2)17-31(23(33)26(27,28)29)21-15-20(21)19-7-4-3-5-8-19/h3-5,7-8,20-21H,6,9-18H2,1-2H3/t20?,21-/m1/s1. The van der Waals surface area contributed by atoms with Gasteiger partial charge in [0.1, 0.15) is 0 Å². The number of nitrogens with zero attached hydrogens (tertiary/aromatic N) is 2. The number of rotatable bonds is 9. The van der Waals surface area contributed by atoms with E-state index in [0.29, 0.717) is 38.8 Å². The average Bonchev–Trinajstić information content (AvgIpc) is 3.61. The maximum Gasteiger partial charge on any atom is 0.471 e. The number of halogens is 3. The van der Waals surface area contributed by atoms with Gasteiger partial charge in [-0.3, -0.25) is 14.5 Å². The number of carbonyl (C=O) groups is 2. The highest BCUT2D eigenvalue weighted by molar-refractivity contribution is 5.82. The first-order valence-corrected chi connectivity index (χ1v) is 12.4. The maximum absolute atomic E-state index is 13.6. The predicted molar refractivity (Wildman–Crippen MR) is 124 cm³/mol. The summed E-state index contributed by atoms with van der Waals surface area (Å²) in [5.41, 5.74) is 0.178. The molecule has 4 rings (SSSR count). The minimum atomic E-state index is -4.92. The van der Waals surface area contributed by atoms with E-state index < -0.39 is 23.5 Å². The van der Waals surface area contributed by atoms with Crippen molar-refractivity contribution in [1.82, 2.24) is 9.80 Å². The van der Waals surface area contributed by atoms with Crippen molar-refractivity contribution in [2.24, 2.45) is 5.41 Å². The van der Waals surface area contributed by atoms with E-state index in [2.05, 4.69) is 4.90 Å². The van der Waals surface area contributed by atoms with Gasteiger partial charge in [0.25, 0.3) is 0 Å². The molecule has 1 amide bonds. The zero-order valence-electron chi connectivity index (χ0n) is 20.5. The van der Waals surface area contributed by atoms with Crippen LogP contribution in [-0.4, -0.2) is 79.9 Å². The Bertz CT molecular complexity index is 896. The molecular weight excluding hydrogens is 461 g/mol. The van der Waals surface area contributed by atoms with Crippen LogP contribution in [0.5, 0.6) is 0 Å². The third-order valence-electron chi connectivity index (χ3n) is 8.32. The Balaban J connectivity index is 1.50. The van der Waals surface area contributed by atoms with E-state index in [1.165, 1.54) is 7.11 Å². The van der Waals surface area contributed by atoms with Gasteiger partial charge in [-0.2, -0.15) is 13.2 Å². The van der Waals surface area contributed by atoms with E-state index in [9.17, 15) is 22.8 Å². The molecule has 2 atom stereocenters. The van der Waals surface area contributed by atoms with E-state index in [1.807, 2.05) is 30.3 Å². The van der Waals surface area contributed by atoms with E-state index >= 15 is 0 Å². The summed E-state index contributed by atoms with van der Waals surface area (Å²) in [6, 6.07) is 8.96. The number of ether oxygens (including phenoxy) is 2. The molecule has 194 valence electrons. The van der Waals surface area contributed by atoms with Gasteiger partial charge in [0.05, 0.1) is 20.1 Å². The summed E-state index contributed by atoms with van der Waals surface area (Å²) >= 11 is 0.